The normalized spacial score (nSPS) is 11.9. The van der Waals surface area contributed by atoms with Gasteiger partial charge in [-0.1, -0.05) is 29.8 Å². The van der Waals surface area contributed by atoms with Crippen LogP contribution in [-0.4, -0.2) is 0 Å². The van der Waals surface area contributed by atoms with Gasteiger partial charge in [-0.15, -0.1) is 0 Å². The molecule has 0 aromatic heterocycles. The Bertz CT molecular complexity index is 649. The van der Waals surface area contributed by atoms with E-state index in [-0.39, 0.29) is 11.9 Å². The molecule has 0 fully saturated rings. The molecule has 0 spiro atoms. The molecule has 0 saturated carbocycles. The second kappa shape index (κ2) is 6.51. The van der Waals surface area contributed by atoms with Crippen molar-refractivity contribution < 1.29 is 4.39 Å². The number of hydrogen-bond acceptors (Lipinski definition) is 2. The summed E-state index contributed by atoms with van der Waals surface area (Å²) in [5.74, 6) is -0.243. The summed E-state index contributed by atoms with van der Waals surface area (Å²) in [6.07, 6.45) is 0. The molecular weight excluding hydrogens is 275 g/mol. The summed E-state index contributed by atoms with van der Waals surface area (Å²) < 4.78 is 13.2. The number of nitriles is 1. The molecule has 1 atom stereocenters. The van der Waals surface area contributed by atoms with Gasteiger partial charge < -0.3 is 5.32 Å². The van der Waals surface area contributed by atoms with Gasteiger partial charge in [0.1, 0.15) is 5.82 Å². The van der Waals surface area contributed by atoms with Crippen LogP contribution in [0.1, 0.15) is 29.7 Å². The third-order valence-electron chi connectivity index (χ3n) is 3.13. The highest BCUT2D eigenvalue weighted by molar-refractivity contribution is 6.31. The lowest BCUT2D eigenvalue weighted by Gasteiger charge is -2.15. The van der Waals surface area contributed by atoms with Gasteiger partial charge in [0.25, 0.3) is 0 Å². The maximum absolute atomic E-state index is 13.2. The molecule has 0 aliphatic rings. The lowest BCUT2D eigenvalue weighted by atomic mass is 10.1. The molecule has 0 unspecified atom stereocenters. The van der Waals surface area contributed by atoms with Gasteiger partial charge in [-0.3, -0.25) is 0 Å². The first-order chi connectivity index (χ1) is 9.60. The molecule has 2 aromatic carbocycles. The first-order valence-electron chi connectivity index (χ1n) is 6.27. The Morgan fingerprint density at radius 2 is 2.10 bits per heavy atom. The molecule has 20 heavy (non-hydrogen) atoms. The van der Waals surface area contributed by atoms with Crippen molar-refractivity contribution in [2.24, 2.45) is 0 Å². The first-order valence-corrected chi connectivity index (χ1v) is 6.65. The van der Waals surface area contributed by atoms with Crippen LogP contribution < -0.4 is 5.32 Å². The molecule has 0 aliphatic heterocycles. The molecule has 0 bridgehead atoms. The van der Waals surface area contributed by atoms with Gasteiger partial charge in [0, 0.05) is 17.6 Å². The highest BCUT2D eigenvalue weighted by Crippen LogP contribution is 2.19. The summed E-state index contributed by atoms with van der Waals surface area (Å²) in [5, 5.41) is 12.6. The topological polar surface area (TPSA) is 35.8 Å². The van der Waals surface area contributed by atoms with Crippen molar-refractivity contribution in [1.82, 2.24) is 5.32 Å². The fourth-order valence-corrected chi connectivity index (χ4v) is 2.16. The van der Waals surface area contributed by atoms with E-state index in [1.165, 1.54) is 12.1 Å². The third kappa shape index (κ3) is 3.57. The molecule has 0 aliphatic carbocycles. The Kier molecular flexibility index (Phi) is 4.73. The van der Waals surface area contributed by atoms with E-state index >= 15 is 0 Å². The molecule has 102 valence electrons. The zero-order valence-electron chi connectivity index (χ0n) is 11.0. The number of hydrogen-bond donors (Lipinski definition) is 1. The van der Waals surface area contributed by atoms with E-state index in [2.05, 4.69) is 5.32 Å². The molecule has 0 amide bonds. The Balaban J connectivity index is 2.04. The lowest BCUT2D eigenvalue weighted by molar-refractivity contribution is 0.565. The van der Waals surface area contributed by atoms with Crippen LogP contribution in [-0.2, 0) is 6.54 Å². The van der Waals surface area contributed by atoms with Crippen molar-refractivity contribution in [3.05, 3.63) is 70.0 Å². The van der Waals surface area contributed by atoms with Gasteiger partial charge in [-0.25, -0.2) is 4.39 Å². The number of nitrogens with one attached hydrogen (secondary N) is 1. The molecule has 4 heteroatoms. The Labute approximate surface area is 122 Å². The van der Waals surface area contributed by atoms with E-state index in [9.17, 15) is 4.39 Å². The minimum atomic E-state index is -0.243. The smallest absolute Gasteiger partial charge is 0.123 e. The van der Waals surface area contributed by atoms with Gasteiger partial charge in [0.05, 0.1) is 11.6 Å². The van der Waals surface area contributed by atoms with Crippen molar-refractivity contribution in [3.63, 3.8) is 0 Å². The van der Waals surface area contributed by atoms with Crippen molar-refractivity contribution in [1.29, 1.82) is 5.26 Å². The molecule has 2 rings (SSSR count). The van der Waals surface area contributed by atoms with Gasteiger partial charge >= 0.3 is 0 Å². The van der Waals surface area contributed by atoms with E-state index in [1.807, 2.05) is 25.1 Å². The summed E-state index contributed by atoms with van der Waals surface area (Å²) in [5.41, 5.74) is 2.33. The zero-order chi connectivity index (χ0) is 14.5. The average molecular weight is 289 g/mol. The van der Waals surface area contributed by atoms with Gasteiger partial charge in [0.15, 0.2) is 0 Å². The maximum atomic E-state index is 13.2. The lowest BCUT2D eigenvalue weighted by Crippen LogP contribution is -2.18. The highest BCUT2D eigenvalue weighted by atomic mass is 35.5. The van der Waals surface area contributed by atoms with Crippen molar-refractivity contribution in [3.8, 4) is 6.07 Å². The van der Waals surface area contributed by atoms with Gasteiger partial charge in [-0.2, -0.15) is 5.26 Å². The minimum absolute atomic E-state index is 0.0115. The summed E-state index contributed by atoms with van der Waals surface area (Å²) in [7, 11) is 0. The van der Waals surface area contributed by atoms with Crippen LogP contribution in [0, 0.1) is 17.1 Å². The predicted molar refractivity (Wildman–Crippen MR) is 77.8 cm³/mol. The van der Waals surface area contributed by atoms with Crippen LogP contribution >= 0.6 is 11.6 Å². The van der Waals surface area contributed by atoms with E-state index in [1.54, 1.807) is 18.2 Å². The number of nitrogens with zero attached hydrogens (tertiary/aromatic N) is 1. The van der Waals surface area contributed by atoms with Crippen LogP contribution in [0.2, 0.25) is 5.02 Å². The van der Waals surface area contributed by atoms with Crippen molar-refractivity contribution >= 4 is 11.6 Å². The maximum Gasteiger partial charge on any atom is 0.123 e. The SMILES string of the molecule is C[C@H](NCc1ccc(C#N)cc1Cl)c1cccc(F)c1. The molecular formula is C16H14ClFN2. The van der Waals surface area contributed by atoms with Crippen LogP contribution in [0.3, 0.4) is 0 Å². The van der Waals surface area contributed by atoms with E-state index < -0.39 is 0 Å². The van der Waals surface area contributed by atoms with Gasteiger partial charge in [-0.05, 0) is 42.3 Å². The molecule has 0 radical (unpaired) electrons. The van der Waals surface area contributed by atoms with Crippen molar-refractivity contribution in [2.45, 2.75) is 19.5 Å². The van der Waals surface area contributed by atoms with E-state index in [4.69, 9.17) is 16.9 Å². The molecule has 2 aromatic rings. The predicted octanol–water partition coefficient (Wildman–Crippen LogP) is 4.20. The van der Waals surface area contributed by atoms with Crippen LogP contribution in [0.25, 0.3) is 0 Å². The molecule has 0 heterocycles. The second-order valence-electron chi connectivity index (χ2n) is 4.58. The summed E-state index contributed by atoms with van der Waals surface area (Å²) in [4.78, 5) is 0. The van der Waals surface area contributed by atoms with Crippen molar-refractivity contribution in [2.75, 3.05) is 0 Å². The quantitative estimate of drug-likeness (QED) is 0.915. The van der Waals surface area contributed by atoms with Crippen LogP contribution in [0.15, 0.2) is 42.5 Å². The Hall–Kier alpha value is -1.89. The number of rotatable bonds is 4. The summed E-state index contributed by atoms with van der Waals surface area (Å²) >= 11 is 6.11. The summed E-state index contributed by atoms with van der Waals surface area (Å²) in [6.45, 7) is 2.52. The molecule has 0 saturated heterocycles. The molecule has 2 nitrogen and oxygen atoms in total. The minimum Gasteiger partial charge on any atom is -0.306 e. The fraction of sp³-hybridized carbons (Fsp3) is 0.188. The standard InChI is InChI=1S/C16H14ClFN2/c1-11(13-3-2-4-15(18)8-13)20-10-14-6-5-12(9-19)7-16(14)17/h2-8,11,20H,10H2,1H3/t11-/m0/s1. The van der Waals surface area contributed by atoms with Crippen LogP contribution in [0.4, 0.5) is 4.39 Å². The highest BCUT2D eigenvalue weighted by Gasteiger charge is 2.07. The largest absolute Gasteiger partial charge is 0.306 e. The zero-order valence-corrected chi connectivity index (χ0v) is 11.8. The first kappa shape index (κ1) is 14.5. The van der Waals surface area contributed by atoms with Crippen LogP contribution in [0.5, 0.6) is 0 Å². The average Bonchev–Trinajstić information content (AvgIpc) is 2.45. The second-order valence-corrected chi connectivity index (χ2v) is 4.98. The third-order valence-corrected chi connectivity index (χ3v) is 3.48. The molecule has 1 N–H and O–H groups in total. The summed E-state index contributed by atoms with van der Waals surface area (Å²) in [6, 6.07) is 13.8. The van der Waals surface area contributed by atoms with Gasteiger partial charge in [0.2, 0.25) is 0 Å². The Morgan fingerprint density at radius 1 is 1.30 bits per heavy atom. The van der Waals surface area contributed by atoms with E-state index in [0.717, 1.165) is 11.1 Å². The monoisotopic (exact) mass is 288 g/mol. The number of halogens is 2. The van der Waals surface area contributed by atoms with E-state index in [0.29, 0.717) is 17.1 Å². The number of benzene rings is 2. The Morgan fingerprint density at radius 3 is 2.75 bits per heavy atom. The fourth-order valence-electron chi connectivity index (χ4n) is 1.92.